The number of ketones is 1. The van der Waals surface area contributed by atoms with Crippen molar-refractivity contribution in [1.82, 2.24) is 9.97 Å². The molecular weight excluding hydrogens is 508 g/mol. The molecule has 2 N–H and O–H groups in total. The topological polar surface area (TPSA) is 147 Å². The van der Waals surface area contributed by atoms with Gasteiger partial charge in [0.1, 0.15) is 39.6 Å². The molecule has 0 bridgehead atoms. The predicted octanol–water partition coefficient (Wildman–Crippen LogP) is 3.39. The number of fused-ring (bicyclic) bond motifs is 3. The first-order chi connectivity index (χ1) is 17.9. The number of Topliss-reactive ketones (excluding diaryl/α,β-unsaturated/α-hetero) is 1. The molecule has 0 saturated heterocycles. The van der Waals surface area contributed by atoms with Gasteiger partial charge >= 0.3 is 0 Å². The monoisotopic (exact) mass is 538 g/mol. The van der Waals surface area contributed by atoms with Crippen LogP contribution in [0.3, 0.4) is 0 Å². The highest BCUT2D eigenvalue weighted by Crippen LogP contribution is 2.49. The van der Waals surface area contributed by atoms with Gasteiger partial charge in [0.25, 0.3) is 0 Å². The lowest BCUT2D eigenvalue weighted by atomic mass is 9.84. The molecule has 11 heteroatoms. The number of nitrogens with zero attached hydrogens (tertiary/aromatic N) is 3. The third kappa shape index (κ3) is 4.34. The Morgan fingerprint density at radius 3 is 2.66 bits per heavy atom. The molecule has 2 aliphatic rings. The fraction of sp³-hybridized carbons (Fsp3) is 0.407. The Hall–Kier alpha value is -3.73. The van der Waals surface area contributed by atoms with Crippen molar-refractivity contribution in [2.45, 2.75) is 68.8 Å². The van der Waals surface area contributed by atoms with E-state index in [0.717, 1.165) is 0 Å². The van der Waals surface area contributed by atoms with Crippen molar-refractivity contribution in [3.8, 4) is 11.5 Å². The van der Waals surface area contributed by atoms with Crippen LogP contribution in [0.2, 0.25) is 0 Å². The van der Waals surface area contributed by atoms with E-state index >= 15 is 0 Å². The molecule has 0 saturated carbocycles. The Kier molecular flexibility index (Phi) is 6.29. The quantitative estimate of drug-likeness (QED) is 0.466. The number of carbonyl (C=O) groups is 1. The maximum atomic E-state index is 13.7. The van der Waals surface area contributed by atoms with Gasteiger partial charge in [-0.25, -0.2) is 18.4 Å². The summed E-state index contributed by atoms with van der Waals surface area (Å²) in [5, 5.41) is -0.829. The number of hydrogen-bond acceptors (Lipinski definition) is 10. The fourth-order valence-electron chi connectivity index (χ4n) is 4.98. The van der Waals surface area contributed by atoms with Crippen molar-refractivity contribution in [2.75, 3.05) is 0 Å². The van der Waals surface area contributed by atoms with E-state index in [2.05, 4.69) is 9.97 Å². The molecule has 2 aliphatic heterocycles. The van der Waals surface area contributed by atoms with E-state index in [1.165, 1.54) is 18.7 Å². The highest BCUT2D eigenvalue weighted by molar-refractivity contribution is 7.94. The summed E-state index contributed by atoms with van der Waals surface area (Å²) in [6.07, 6.45) is 4.45. The molecule has 0 radical (unpaired) electrons. The molecule has 4 heterocycles. The zero-order chi connectivity index (χ0) is 27.3. The van der Waals surface area contributed by atoms with E-state index in [0.29, 0.717) is 28.5 Å². The summed E-state index contributed by atoms with van der Waals surface area (Å²) in [7, 11) is -3.71. The van der Waals surface area contributed by atoms with Gasteiger partial charge in [-0.2, -0.15) is 0 Å². The van der Waals surface area contributed by atoms with Crippen molar-refractivity contribution in [3.05, 3.63) is 71.7 Å². The molecule has 2 aromatic heterocycles. The number of amidine groups is 1. The fourth-order valence-corrected chi connectivity index (χ4v) is 7.33. The number of benzene rings is 1. The summed E-state index contributed by atoms with van der Waals surface area (Å²) in [5.41, 5.74) is 6.64. The van der Waals surface area contributed by atoms with Crippen molar-refractivity contribution in [1.29, 1.82) is 0 Å². The van der Waals surface area contributed by atoms with Crippen molar-refractivity contribution >= 4 is 21.5 Å². The number of aliphatic imine (C=N–C) groups is 1. The highest BCUT2D eigenvalue weighted by Gasteiger charge is 2.58. The Bertz CT molecular complexity index is 1500. The van der Waals surface area contributed by atoms with Gasteiger partial charge in [-0.3, -0.25) is 9.79 Å². The molecule has 200 valence electrons. The zero-order valence-electron chi connectivity index (χ0n) is 21.7. The number of hydrogen-bond donors (Lipinski definition) is 1. The number of oxazole rings is 1. The van der Waals surface area contributed by atoms with Crippen molar-refractivity contribution in [3.63, 3.8) is 0 Å². The van der Waals surface area contributed by atoms with E-state index in [-0.39, 0.29) is 42.9 Å². The average molecular weight is 539 g/mol. The van der Waals surface area contributed by atoms with E-state index in [4.69, 9.17) is 24.6 Å². The Labute approximate surface area is 221 Å². The SMILES string of the molecule is C[C@H]1C[C@@H]2[C@](C)(N=C(N)C(C)(C)S2(=O)=O)c2cc(CC(=O)c3ccc(OCc4ncco4)cn3)ccc2O1. The number of carbonyl (C=O) groups excluding carboxylic acids is 1. The van der Waals surface area contributed by atoms with Crippen LogP contribution in [0.4, 0.5) is 0 Å². The molecule has 0 unspecified atom stereocenters. The van der Waals surface area contributed by atoms with E-state index in [1.807, 2.05) is 6.92 Å². The van der Waals surface area contributed by atoms with Gasteiger partial charge < -0.3 is 19.6 Å². The summed E-state index contributed by atoms with van der Waals surface area (Å²) in [4.78, 5) is 26.0. The third-order valence-corrected chi connectivity index (χ3v) is 10.4. The second kappa shape index (κ2) is 9.23. The number of pyridine rings is 1. The summed E-state index contributed by atoms with van der Waals surface area (Å²) >= 11 is 0. The van der Waals surface area contributed by atoms with Crippen LogP contribution in [0.1, 0.15) is 61.6 Å². The maximum absolute atomic E-state index is 13.7. The Morgan fingerprint density at radius 1 is 1.18 bits per heavy atom. The lowest BCUT2D eigenvalue weighted by molar-refractivity contribution is 0.0988. The molecule has 10 nitrogen and oxygen atoms in total. The number of nitrogens with two attached hydrogens (primary N) is 1. The van der Waals surface area contributed by atoms with E-state index < -0.39 is 25.4 Å². The number of ether oxygens (including phenoxy) is 2. The number of rotatable bonds is 6. The van der Waals surface area contributed by atoms with Crippen molar-refractivity contribution in [2.24, 2.45) is 10.7 Å². The molecule has 3 atom stereocenters. The van der Waals surface area contributed by atoms with Crippen LogP contribution in [0.25, 0.3) is 0 Å². The van der Waals surface area contributed by atoms with Crippen LogP contribution in [0.15, 0.2) is 58.4 Å². The lowest BCUT2D eigenvalue weighted by Crippen LogP contribution is -2.60. The third-order valence-electron chi connectivity index (χ3n) is 7.38. The molecular formula is C27H30N4O6S. The van der Waals surface area contributed by atoms with Crippen LogP contribution < -0.4 is 15.2 Å². The second-order valence-electron chi connectivity index (χ2n) is 10.4. The highest BCUT2D eigenvalue weighted by atomic mass is 32.2. The van der Waals surface area contributed by atoms with Gasteiger partial charge in [-0.1, -0.05) is 6.07 Å². The minimum atomic E-state index is -3.71. The first-order valence-electron chi connectivity index (χ1n) is 12.3. The van der Waals surface area contributed by atoms with Gasteiger partial charge in [-0.05, 0) is 57.5 Å². The summed E-state index contributed by atoms with van der Waals surface area (Å²) in [5.74, 6) is 1.31. The van der Waals surface area contributed by atoms with Gasteiger partial charge in [0.05, 0.1) is 23.7 Å². The summed E-state index contributed by atoms with van der Waals surface area (Å²) in [6.45, 7) is 6.95. The maximum Gasteiger partial charge on any atom is 0.232 e. The second-order valence-corrected chi connectivity index (χ2v) is 13.1. The van der Waals surface area contributed by atoms with Gasteiger partial charge in [0, 0.05) is 18.4 Å². The van der Waals surface area contributed by atoms with Crippen LogP contribution in [0.5, 0.6) is 11.5 Å². The zero-order valence-corrected chi connectivity index (χ0v) is 22.5. The Morgan fingerprint density at radius 2 is 1.97 bits per heavy atom. The molecule has 0 aliphatic carbocycles. The standard InChI is InChI=1S/C27H30N4O6S/c1-16-11-23-27(4,31-25(28)26(2,3)38(23,33)34)19-12-17(5-8-22(19)37-16)13-21(32)20-7-6-18(14-30-20)36-15-24-29-9-10-35-24/h5-10,12,14,16,23H,11,13,15H2,1-4H3,(H2,28,31)/t16-,23+,27+/m0/s1. The normalized spacial score (nSPS) is 25.2. The molecule has 0 amide bonds. The van der Waals surface area contributed by atoms with Gasteiger partial charge in [-0.15, -0.1) is 0 Å². The molecule has 3 aromatic rings. The molecule has 38 heavy (non-hydrogen) atoms. The average Bonchev–Trinajstić information content (AvgIpc) is 3.36. The molecule has 1 aromatic carbocycles. The van der Waals surface area contributed by atoms with Crippen LogP contribution in [-0.4, -0.2) is 46.1 Å². The minimum absolute atomic E-state index is 0.0601. The van der Waals surface area contributed by atoms with Crippen LogP contribution in [0, 0.1) is 0 Å². The largest absolute Gasteiger partial charge is 0.490 e. The summed E-state index contributed by atoms with van der Waals surface area (Å²) in [6, 6.07) is 8.63. The number of sulfone groups is 1. The minimum Gasteiger partial charge on any atom is -0.490 e. The van der Waals surface area contributed by atoms with Crippen LogP contribution in [-0.2, 0) is 28.4 Å². The smallest absolute Gasteiger partial charge is 0.232 e. The lowest BCUT2D eigenvalue weighted by Gasteiger charge is -2.43. The van der Waals surface area contributed by atoms with E-state index in [1.54, 1.807) is 51.1 Å². The van der Waals surface area contributed by atoms with Crippen molar-refractivity contribution < 1.29 is 27.1 Å². The predicted molar refractivity (Wildman–Crippen MR) is 140 cm³/mol. The van der Waals surface area contributed by atoms with Gasteiger partial charge in [0.2, 0.25) is 5.89 Å². The van der Waals surface area contributed by atoms with Gasteiger partial charge in [0.15, 0.2) is 22.2 Å². The first-order valence-corrected chi connectivity index (χ1v) is 13.9. The first kappa shape index (κ1) is 25.9. The van der Waals surface area contributed by atoms with E-state index in [9.17, 15) is 13.2 Å². The summed E-state index contributed by atoms with van der Waals surface area (Å²) < 4.78 is 42.9. The van der Waals surface area contributed by atoms with Crippen LogP contribution >= 0.6 is 0 Å². The Balaban J connectivity index is 1.41. The molecule has 0 fully saturated rings. The molecule has 0 spiro atoms. The number of aromatic nitrogens is 2. The molecule has 5 rings (SSSR count).